The van der Waals surface area contributed by atoms with Gasteiger partial charge in [-0.1, -0.05) is 6.07 Å². The van der Waals surface area contributed by atoms with E-state index in [0.29, 0.717) is 11.5 Å². The minimum absolute atomic E-state index is 0.0183. The summed E-state index contributed by atoms with van der Waals surface area (Å²) in [4.78, 5) is 16.0. The Balaban J connectivity index is 2.09. The minimum atomic E-state index is -0.568. The third kappa shape index (κ3) is 4.41. The van der Waals surface area contributed by atoms with E-state index >= 15 is 0 Å². The Morgan fingerprint density at radius 3 is 2.86 bits per heavy atom. The van der Waals surface area contributed by atoms with Gasteiger partial charge in [0.1, 0.15) is 11.4 Å². The quantitative estimate of drug-likeness (QED) is 0.896. The molecule has 21 heavy (non-hydrogen) atoms. The molecule has 1 aliphatic heterocycles. The fourth-order valence-corrected chi connectivity index (χ4v) is 2.23. The molecule has 1 saturated heterocycles. The van der Waals surface area contributed by atoms with Gasteiger partial charge in [0.2, 0.25) is 0 Å². The van der Waals surface area contributed by atoms with Crippen molar-refractivity contribution in [1.29, 1.82) is 0 Å². The van der Waals surface area contributed by atoms with Crippen LogP contribution in [0.4, 0.5) is 10.6 Å². The van der Waals surface area contributed by atoms with Gasteiger partial charge >= 0.3 is 6.09 Å². The lowest BCUT2D eigenvalue weighted by Crippen LogP contribution is -2.27. The molecular formula is C15H22N2O4. The van der Waals surface area contributed by atoms with Crippen LogP contribution in [-0.4, -0.2) is 28.4 Å². The molecule has 1 unspecified atom stereocenters. The highest BCUT2D eigenvalue weighted by atomic mass is 16.6. The first kappa shape index (κ1) is 15.7. The summed E-state index contributed by atoms with van der Waals surface area (Å²) in [5.74, 6) is 0.357. The number of rotatable bonds is 3. The molecule has 0 spiro atoms. The van der Waals surface area contributed by atoms with Gasteiger partial charge in [-0.3, -0.25) is 5.32 Å². The number of aromatic nitrogens is 1. The van der Waals surface area contributed by atoms with Gasteiger partial charge in [-0.25, -0.2) is 9.78 Å². The molecule has 0 saturated carbocycles. The van der Waals surface area contributed by atoms with Gasteiger partial charge in [0.25, 0.3) is 0 Å². The molecule has 0 aliphatic carbocycles. The van der Waals surface area contributed by atoms with Crippen LogP contribution in [0.3, 0.4) is 0 Å². The first-order valence-corrected chi connectivity index (χ1v) is 7.11. The van der Waals surface area contributed by atoms with E-state index in [1.807, 2.05) is 6.07 Å². The van der Waals surface area contributed by atoms with Crippen molar-refractivity contribution in [2.45, 2.75) is 51.9 Å². The van der Waals surface area contributed by atoms with Crippen molar-refractivity contribution in [2.24, 2.45) is 0 Å². The van der Waals surface area contributed by atoms with Gasteiger partial charge in [-0.15, -0.1) is 0 Å². The van der Waals surface area contributed by atoms with Crippen molar-refractivity contribution in [2.75, 3.05) is 11.9 Å². The first-order chi connectivity index (χ1) is 9.89. The standard InChI is InChI=1S/C15H22N2O4/c1-15(2,3)21-14(19)17-13-7-6-10(11(9-18)16-13)12-5-4-8-20-12/h6-7,12,18H,4-5,8-9H2,1-3H3,(H,16,17,19). The van der Waals surface area contributed by atoms with E-state index in [0.717, 1.165) is 25.0 Å². The Morgan fingerprint density at radius 1 is 1.52 bits per heavy atom. The van der Waals surface area contributed by atoms with Crippen molar-refractivity contribution in [3.63, 3.8) is 0 Å². The number of aliphatic hydroxyl groups is 1. The highest BCUT2D eigenvalue weighted by Gasteiger charge is 2.22. The molecule has 6 nitrogen and oxygen atoms in total. The molecule has 0 radical (unpaired) electrons. The van der Waals surface area contributed by atoms with Crippen LogP contribution in [0.25, 0.3) is 0 Å². The number of aliphatic hydroxyl groups excluding tert-OH is 1. The molecule has 1 aliphatic rings. The highest BCUT2D eigenvalue weighted by Crippen LogP contribution is 2.31. The normalized spacial score (nSPS) is 18.6. The van der Waals surface area contributed by atoms with Crippen molar-refractivity contribution >= 4 is 11.9 Å². The largest absolute Gasteiger partial charge is 0.444 e. The fourth-order valence-electron chi connectivity index (χ4n) is 2.23. The van der Waals surface area contributed by atoms with E-state index < -0.39 is 11.7 Å². The molecule has 2 rings (SSSR count). The van der Waals surface area contributed by atoms with Crippen LogP contribution < -0.4 is 5.32 Å². The van der Waals surface area contributed by atoms with Gasteiger partial charge < -0.3 is 14.6 Å². The highest BCUT2D eigenvalue weighted by molar-refractivity contribution is 5.83. The zero-order valence-electron chi connectivity index (χ0n) is 12.7. The van der Waals surface area contributed by atoms with E-state index in [1.54, 1.807) is 26.8 Å². The van der Waals surface area contributed by atoms with Crippen LogP contribution in [-0.2, 0) is 16.1 Å². The number of pyridine rings is 1. The molecular weight excluding hydrogens is 272 g/mol. The van der Waals surface area contributed by atoms with Crippen LogP contribution in [0.15, 0.2) is 12.1 Å². The number of hydrogen-bond donors (Lipinski definition) is 2. The SMILES string of the molecule is CC(C)(C)OC(=O)Nc1ccc(C2CCCO2)c(CO)n1. The van der Waals surface area contributed by atoms with Crippen molar-refractivity contribution in [1.82, 2.24) is 4.98 Å². The number of nitrogens with zero attached hydrogens (tertiary/aromatic N) is 1. The van der Waals surface area contributed by atoms with Crippen LogP contribution >= 0.6 is 0 Å². The van der Waals surface area contributed by atoms with Crippen LogP contribution in [0, 0.1) is 0 Å². The summed E-state index contributed by atoms with van der Waals surface area (Å²) in [6, 6.07) is 3.53. The van der Waals surface area contributed by atoms with Gasteiger partial charge in [0.05, 0.1) is 18.4 Å². The molecule has 2 N–H and O–H groups in total. The maximum atomic E-state index is 11.7. The van der Waals surface area contributed by atoms with Crippen molar-refractivity contribution < 1.29 is 19.4 Å². The fraction of sp³-hybridized carbons (Fsp3) is 0.600. The Morgan fingerprint density at radius 2 is 2.29 bits per heavy atom. The predicted octanol–water partition coefficient (Wildman–Crippen LogP) is 2.77. The summed E-state index contributed by atoms with van der Waals surface area (Å²) in [6.45, 7) is 5.91. The van der Waals surface area contributed by atoms with Crippen molar-refractivity contribution in [3.05, 3.63) is 23.4 Å². The Bertz CT molecular complexity index is 505. The average Bonchev–Trinajstić information content (AvgIpc) is 2.89. The minimum Gasteiger partial charge on any atom is -0.444 e. The summed E-state index contributed by atoms with van der Waals surface area (Å²) in [6.07, 6.45) is 1.35. The molecule has 1 aromatic heterocycles. The monoisotopic (exact) mass is 294 g/mol. The number of amides is 1. The Labute approximate surface area is 124 Å². The van der Waals surface area contributed by atoms with Gasteiger partial charge in [-0.05, 0) is 39.7 Å². The third-order valence-electron chi connectivity index (χ3n) is 3.06. The third-order valence-corrected chi connectivity index (χ3v) is 3.06. The van der Waals surface area contributed by atoms with Crippen LogP contribution in [0.1, 0.15) is 51.0 Å². The number of hydrogen-bond acceptors (Lipinski definition) is 5. The number of carbonyl (C=O) groups excluding carboxylic acids is 1. The molecule has 1 aromatic rings. The smallest absolute Gasteiger partial charge is 0.413 e. The lowest BCUT2D eigenvalue weighted by atomic mass is 10.1. The molecule has 6 heteroatoms. The van der Waals surface area contributed by atoms with E-state index in [4.69, 9.17) is 9.47 Å². The molecule has 0 bridgehead atoms. The molecule has 2 heterocycles. The molecule has 0 aromatic carbocycles. The summed E-state index contributed by atoms with van der Waals surface area (Å²) >= 11 is 0. The number of nitrogens with one attached hydrogen (secondary N) is 1. The second kappa shape index (κ2) is 6.41. The average molecular weight is 294 g/mol. The lowest BCUT2D eigenvalue weighted by molar-refractivity contribution is 0.0635. The van der Waals surface area contributed by atoms with Gasteiger partial charge in [0.15, 0.2) is 0 Å². The topological polar surface area (TPSA) is 80.7 Å². The predicted molar refractivity (Wildman–Crippen MR) is 77.9 cm³/mol. The van der Waals surface area contributed by atoms with E-state index in [1.165, 1.54) is 0 Å². The van der Waals surface area contributed by atoms with Crippen LogP contribution in [0.2, 0.25) is 0 Å². The molecule has 1 amide bonds. The summed E-state index contributed by atoms with van der Waals surface area (Å²) in [5.41, 5.74) is 0.835. The first-order valence-electron chi connectivity index (χ1n) is 7.11. The van der Waals surface area contributed by atoms with E-state index in [-0.39, 0.29) is 12.7 Å². The van der Waals surface area contributed by atoms with Gasteiger partial charge in [-0.2, -0.15) is 0 Å². The van der Waals surface area contributed by atoms with E-state index in [2.05, 4.69) is 10.3 Å². The van der Waals surface area contributed by atoms with Crippen LogP contribution in [0.5, 0.6) is 0 Å². The maximum absolute atomic E-state index is 11.7. The Kier molecular flexibility index (Phi) is 4.80. The second-order valence-corrected chi connectivity index (χ2v) is 6.02. The zero-order valence-corrected chi connectivity index (χ0v) is 12.7. The van der Waals surface area contributed by atoms with E-state index in [9.17, 15) is 9.90 Å². The number of carbonyl (C=O) groups is 1. The second-order valence-electron chi connectivity index (χ2n) is 6.02. The summed E-state index contributed by atoms with van der Waals surface area (Å²) in [7, 11) is 0. The van der Waals surface area contributed by atoms with Crippen molar-refractivity contribution in [3.8, 4) is 0 Å². The number of ether oxygens (including phenoxy) is 2. The Hall–Kier alpha value is -1.66. The van der Waals surface area contributed by atoms with Gasteiger partial charge in [0, 0.05) is 12.2 Å². The molecule has 1 atom stereocenters. The maximum Gasteiger partial charge on any atom is 0.413 e. The number of anilines is 1. The summed E-state index contributed by atoms with van der Waals surface area (Å²) in [5, 5.41) is 12.0. The lowest BCUT2D eigenvalue weighted by Gasteiger charge is -2.20. The molecule has 116 valence electrons. The molecule has 1 fully saturated rings. The zero-order chi connectivity index (χ0) is 15.5. The summed E-state index contributed by atoms with van der Waals surface area (Å²) < 4.78 is 10.8.